The molecule has 0 unspecified atom stereocenters. The SMILES string of the molecule is CC(C)C[C@@H](NC(=O)Cn1ncc2ccccc2c1=O)c1nc2ccccc2[nH]1. The molecule has 2 aromatic heterocycles. The maximum absolute atomic E-state index is 12.7. The molecule has 0 spiro atoms. The minimum Gasteiger partial charge on any atom is -0.345 e. The number of carbonyl (C=O) groups excluding carboxylic acids is 1. The quantitative estimate of drug-likeness (QED) is 0.530. The molecule has 0 aliphatic heterocycles. The van der Waals surface area contributed by atoms with E-state index in [0.717, 1.165) is 22.8 Å². The zero-order chi connectivity index (χ0) is 20.4. The predicted octanol–water partition coefficient (Wildman–Crippen LogP) is 3.18. The molecule has 1 atom stereocenters. The van der Waals surface area contributed by atoms with Crippen molar-refractivity contribution in [1.29, 1.82) is 0 Å². The van der Waals surface area contributed by atoms with Crippen LogP contribution in [-0.2, 0) is 11.3 Å². The van der Waals surface area contributed by atoms with Gasteiger partial charge in [-0.25, -0.2) is 9.67 Å². The molecule has 0 radical (unpaired) electrons. The highest BCUT2D eigenvalue weighted by atomic mass is 16.2. The van der Waals surface area contributed by atoms with Gasteiger partial charge in [0, 0.05) is 5.39 Å². The van der Waals surface area contributed by atoms with Crippen molar-refractivity contribution in [3.8, 4) is 0 Å². The van der Waals surface area contributed by atoms with Crippen molar-refractivity contribution in [2.24, 2.45) is 5.92 Å². The van der Waals surface area contributed by atoms with E-state index in [0.29, 0.717) is 17.1 Å². The number of nitrogens with zero attached hydrogens (tertiary/aromatic N) is 3. The molecular weight excluding hydrogens is 366 g/mol. The van der Waals surface area contributed by atoms with Gasteiger partial charge in [-0.2, -0.15) is 5.10 Å². The lowest BCUT2D eigenvalue weighted by molar-refractivity contribution is -0.122. The molecule has 4 aromatic rings. The summed E-state index contributed by atoms with van der Waals surface area (Å²) in [6.45, 7) is 4.05. The zero-order valence-electron chi connectivity index (χ0n) is 16.4. The molecule has 0 saturated heterocycles. The third kappa shape index (κ3) is 4.03. The predicted molar refractivity (Wildman–Crippen MR) is 112 cm³/mol. The van der Waals surface area contributed by atoms with Crippen LogP contribution in [0.5, 0.6) is 0 Å². The van der Waals surface area contributed by atoms with Crippen molar-refractivity contribution in [3.63, 3.8) is 0 Å². The Kier molecular flexibility index (Phi) is 5.12. The van der Waals surface area contributed by atoms with Crippen molar-refractivity contribution >= 4 is 27.7 Å². The third-order valence-corrected chi connectivity index (χ3v) is 4.84. The first kappa shape index (κ1) is 18.9. The molecule has 148 valence electrons. The molecule has 4 rings (SSSR count). The largest absolute Gasteiger partial charge is 0.345 e. The molecule has 29 heavy (non-hydrogen) atoms. The molecule has 0 fully saturated rings. The Morgan fingerprint density at radius 1 is 1.14 bits per heavy atom. The number of aromatic nitrogens is 4. The summed E-state index contributed by atoms with van der Waals surface area (Å²) >= 11 is 0. The van der Waals surface area contributed by atoms with E-state index in [1.807, 2.05) is 36.4 Å². The van der Waals surface area contributed by atoms with E-state index in [4.69, 9.17) is 0 Å². The maximum atomic E-state index is 12.7. The van der Waals surface area contributed by atoms with E-state index < -0.39 is 0 Å². The third-order valence-electron chi connectivity index (χ3n) is 4.84. The van der Waals surface area contributed by atoms with Gasteiger partial charge in [-0.15, -0.1) is 0 Å². The number of rotatable bonds is 6. The Balaban J connectivity index is 1.57. The highest BCUT2D eigenvalue weighted by Crippen LogP contribution is 2.22. The fraction of sp³-hybridized carbons (Fsp3) is 0.273. The Bertz CT molecular complexity index is 1190. The summed E-state index contributed by atoms with van der Waals surface area (Å²) in [6.07, 6.45) is 2.33. The van der Waals surface area contributed by atoms with E-state index in [2.05, 4.69) is 34.2 Å². The number of H-pyrrole nitrogens is 1. The standard InChI is InChI=1S/C22H23N5O2/c1-14(2)11-19(21-25-17-9-5-6-10-18(17)26-21)24-20(28)13-27-22(29)16-8-4-3-7-15(16)12-23-27/h3-10,12,14,19H,11,13H2,1-2H3,(H,24,28)(H,25,26)/t19-/m1/s1. The molecule has 0 aliphatic rings. The van der Waals surface area contributed by atoms with E-state index in [9.17, 15) is 9.59 Å². The van der Waals surface area contributed by atoms with Crippen molar-refractivity contribution in [2.45, 2.75) is 32.9 Å². The van der Waals surface area contributed by atoms with Crippen LogP contribution in [0.1, 0.15) is 32.1 Å². The molecule has 2 N–H and O–H groups in total. The number of hydrogen-bond donors (Lipinski definition) is 2. The number of carbonyl (C=O) groups is 1. The van der Waals surface area contributed by atoms with Gasteiger partial charge >= 0.3 is 0 Å². The average molecular weight is 389 g/mol. The monoisotopic (exact) mass is 389 g/mol. The second-order valence-electron chi connectivity index (χ2n) is 7.58. The summed E-state index contributed by atoms with van der Waals surface area (Å²) < 4.78 is 1.20. The summed E-state index contributed by atoms with van der Waals surface area (Å²) in [4.78, 5) is 33.3. The lowest BCUT2D eigenvalue weighted by Gasteiger charge is -2.19. The van der Waals surface area contributed by atoms with Gasteiger partial charge in [0.05, 0.1) is 28.7 Å². The fourth-order valence-electron chi connectivity index (χ4n) is 3.46. The smallest absolute Gasteiger partial charge is 0.275 e. The maximum Gasteiger partial charge on any atom is 0.275 e. The molecule has 0 saturated carbocycles. The van der Waals surface area contributed by atoms with E-state index >= 15 is 0 Å². The van der Waals surface area contributed by atoms with Crippen LogP contribution in [0.25, 0.3) is 21.8 Å². The Labute approximate surface area is 167 Å². The molecule has 7 heteroatoms. The van der Waals surface area contributed by atoms with Crippen LogP contribution in [0.4, 0.5) is 0 Å². The molecule has 7 nitrogen and oxygen atoms in total. The number of fused-ring (bicyclic) bond motifs is 2. The Morgan fingerprint density at radius 2 is 1.90 bits per heavy atom. The van der Waals surface area contributed by atoms with Crippen LogP contribution < -0.4 is 10.9 Å². The second-order valence-corrected chi connectivity index (χ2v) is 7.58. The van der Waals surface area contributed by atoms with Gasteiger partial charge in [-0.3, -0.25) is 9.59 Å². The van der Waals surface area contributed by atoms with E-state index in [-0.39, 0.29) is 24.1 Å². The average Bonchev–Trinajstić information content (AvgIpc) is 3.14. The number of aromatic amines is 1. The number of nitrogens with one attached hydrogen (secondary N) is 2. The molecule has 0 bridgehead atoms. The second kappa shape index (κ2) is 7.87. The summed E-state index contributed by atoms with van der Waals surface area (Å²) in [5, 5.41) is 8.46. The lowest BCUT2D eigenvalue weighted by Crippen LogP contribution is -2.36. The first-order chi connectivity index (χ1) is 14.0. The Morgan fingerprint density at radius 3 is 2.69 bits per heavy atom. The van der Waals surface area contributed by atoms with Crippen LogP contribution >= 0.6 is 0 Å². The molecule has 2 heterocycles. The van der Waals surface area contributed by atoms with Crippen molar-refractivity contribution < 1.29 is 4.79 Å². The van der Waals surface area contributed by atoms with Crippen LogP contribution in [0.3, 0.4) is 0 Å². The molecule has 0 aliphatic carbocycles. The van der Waals surface area contributed by atoms with Crippen LogP contribution in [0.15, 0.2) is 59.5 Å². The topological polar surface area (TPSA) is 92.7 Å². The number of amides is 1. The zero-order valence-corrected chi connectivity index (χ0v) is 16.4. The number of para-hydroxylation sites is 2. The van der Waals surface area contributed by atoms with Gasteiger partial charge in [-0.1, -0.05) is 44.2 Å². The number of benzene rings is 2. The van der Waals surface area contributed by atoms with Gasteiger partial charge in [0.25, 0.3) is 5.56 Å². The molecule has 2 aromatic carbocycles. The highest BCUT2D eigenvalue weighted by molar-refractivity contribution is 5.81. The van der Waals surface area contributed by atoms with Crippen LogP contribution in [0.2, 0.25) is 0 Å². The van der Waals surface area contributed by atoms with Crippen molar-refractivity contribution in [2.75, 3.05) is 0 Å². The summed E-state index contributed by atoms with van der Waals surface area (Å²) in [5.74, 6) is 0.795. The molecular formula is C22H23N5O2. The summed E-state index contributed by atoms with van der Waals surface area (Å²) in [7, 11) is 0. The summed E-state index contributed by atoms with van der Waals surface area (Å²) in [5.41, 5.74) is 1.51. The summed E-state index contributed by atoms with van der Waals surface area (Å²) in [6, 6.07) is 14.7. The molecule has 1 amide bonds. The number of hydrogen-bond acceptors (Lipinski definition) is 4. The van der Waals surface area contributed by atoms with Gasteiger partial charge in [-0.05, 0) is 30.5 Å². The fourth-order valence-corrected chi connectivity index (χ4v) is 3.46. The highest BCUT2D eigenvalue weighted by Gasteiger charge is 2.20. The van der Waals surface area contributed by atoms with E-state index in [1.165, 1.54) is 4.68 Å². The Hall–Kier alpha value is -3.48. The van der Waals surface area contributed by atoms with Crippen molar-refractivity contribution in [3.05, 3.63) is 70.9 Å². The van der Waals surface area contributed by atoms with Gasteiger partial charge < -0.3 is 10.3 Å². The van der Waals surface area contributed by atoms with Gasteiger partial charge in [0.15, 0.2) is 0 Å². The van der Waals surface area contributed by atoms with Gasteiger partial charge in [0.2, 0.25) is 5.91 Å². The van der Waals surface area contributed by atoms with Gasteiger partial charge in [0.1, 0.15) is 12.4 Å². The van der Waals surface area contributed by atoms with E-state index in [1.54, 1.807) is 18.3 Å². The first-order valence-corrected chi connectivity index (χ1v) is 9.70. The van der Waals surface area contributed by atoms with Crippen molar-refractivity contribution in [1.82, 2.24) is 25.1 Å². The van der Waals surface area contributed by atoms with Crippen LogP contribution in [0, 0.1) is 5.92 Å². The van der Waals surface area contributed by atoms with Crippen LogP contribution in [-0.4, -0.2) is 25.7 Å². The minimum atomic E-state index is -0.277. The lowest BCUT2D eigenvalue weighted by atomic mass is 10.0. The number of imidazole rings is 1. The minimum absolute atomic E-state index is 0.140. The normalized spacial score (nSPS) is 12.5. The first-order valence-electron chi connectivity index (χ1n) is 9.70.